The maximum absolute atomic E-state index is 14.0. The topological polar surface area (TPSA) is 326 Å². The number of aliphatic carboxylic acids is 3. The number of carboxylic acid groups (broad SMARTS) is 3. The number of tetrazole rings is 1. The van der Waals surface area contributed by atoms with Gasteiger partial charge in [-0.25, -0.2) is 19.1 Å². The second-order valence-electron chi connectivity index (χ2n) is 12.6. The van der Waals surface area contributed by atoms with Crippen molar-refractivity contribution in [1.29, 1.82) is 0 Å². The van der Waals surface area contributed by atoms with Gasteiger partial charge >= 0.3 is 35.5 Å². The lowest BCUT2D eigenvalue weighted by Gasteiger charge is -2.49. The third-order valence-corrected chi connectivity index (χ3v) is 10.8. The van der Waals surface area contributed by atoms with Gasteiger partial charge < -0.3 is 44.6 Å². The quantitative estimate of drug-likeness (QED) is 0.0330. The third-order valence-electron chi connectivity index (χ3n) is 8.37. The van der Waals surface area contributed by atoms with Gasteiger partial charge in [-0.1, -0.05) is 23.9 Å². The minimum atomic E-state index is -1.64. The number of esters is 2. The average Bonchev–Trinajstić information content (AvgIpc) is 3.62. The van der Waals surface area contributed by atoms with Gasteiger partial charge in [0.15, 0.2) is 18.1 Å². The molecule has 0 saturated carbocycles. The maximum Gasteiger partial charge on any atom is 0.352 e. The summed E-state index contributed by atoms with van der Waals surface area (Å²) in [5, 5.41) is 43.2. The number of carboxylic acids is 3. The van der Waals surface area contributed by atoms with Crippen molar-refractivity contribution in [1.82, 2.24) is 35.7 Å². The van der Waals surface area contributed by atoms with Crippen LogP contribution < -0.4 is 30.5 Å². The molecule has 2 aliphatic rings. The number of carbonyl (C=O) groups is 8. The summed E-state index contributed by atoms with van der Waals surface area (Å²) in [5.74, 6) is -8.73. The molecule has 0 radical (unpaired) electrons. The highest BCUT2D eigenvalue weighted by molar-refractivity contribution is 8.01. The van der Waals surface area contributed by atoms with E-state index in [2.05, 4.69) is 26.2 Å². The SMILES string of the molecule is CC(=O)Oc1cc2cc(C(=O)NC(C(=O)N[C@@H]3C(=O)N4C(C(=O)O)=C(CSc5nnnn5CC(=O)O)CS[C@@H]34)c3ccc(OCC(=O)O)cc3)c(=O)oc2cc1OC(C)=O. The van der Waals surface area contributed by atoms with Crippen LogP contribution >= 0.6 is 23.5 Å². The lowest BCUT2D eigenvalue weighted by atomic mass is 10.0. The Morgan fingerprint density at radius 3 is 2.28 bits per heavy atom. The van der Waals surface area contributed by atoms with Crippen LogP contribution in [0.3, 0.4) is 0 Å². The fraction of sp³-hybridized carbons (Fsp3) is 0.257. The molecular weight excluding hydrogens is 839 g/mol. The maximum atomic E-state index is 14.0. The van der Waals surface area contributed by atoms with Crippen LogP contribution in [0, 0.1) is 0 Å². The third kappa shape index (κ3) is 9.36. The molecule has 6 rings (SSSR count). The Balaban J connectivity index is 1.25. The number of hydrogen-bond donors (Lipinski definition) is 5. The second kappa shape index (κ2) is 17.7. The monoisotopic (exact) mass is 867 g/mol. The molecule has 1 fully saturated rings. The van der Waals surface area contributed by atoms with Crippen molar-refractivity contribution in [2.75, 3.05) is 18.1 Å². The highest BCUT2D eigenvalue weighted by Crippen LogP contribution is 2.42. The number of hydrogen-bond acceptors (Lipinski definition) is 18. The Morgan fingerprint density at radius 2 is 1.65 bits per heavy atom. The van der Waals surface area contributed by atoms with Crippen LogP contribution in [-0.2, 0) is 40.1 Å². The van der Waals surface area contributed by atoms with Crippen LogP contribution in [0.1, 0.15) is 35.8 Å². The van der Waals surface area contributed by atoms with Crippen LogP contribution in [0.25, 0.3) is 11.0 Å². The Morgan fingerprint density at radius 1 is 0.967 bits per heavy atom. The predicted octanol–water partition coefficient (Wildman–Crippen LogP) is 0.180. The molecule has 4 heterocycles. The molecule has 0 aliphatic carbocycles. The van der Waals surface area contributed by atoms with Gasteiger partial charge in [-0.05, 0) is 45.8 Å². The van der Waals surface area contributed by atoms with Crippen LogP contribution in [0.5, 0.6) is 17.2 Å². The van der Waals surface area contributed by atoms with Gasteiger partial charge in [-0.15, -0.1) is 16.9 Å². The van der Waals surface area contributed by atoms with Crippen molar-refractivity contribution in [2.24, 2.45) is 0 Å². The standard InChI is InChI=1S/C35H29N7O16S2/c1-14(43)56-22-8-17-7-20(34(54)58-21(17)9-23(22)57-15(2)44)29(49)36-26(16-3-5-19(6-4-16)55-11-25(47)48)30(50)37-27-31(51)42-28(33(52)53)18(12-59-32(27)42)13-60-35-38-39-40-41(35)10-24(45)46/h3-9,26-27,32H,10-13H2,1-2H3,(H,36,49)(H,37,50)(H,45,46)(H,47,48)(H,52,53)/t26?,27-,32+/m1/s1. The molecule has 1 unspecified atom stereocenters. The molecule has 4 aromatic rings. The van der Waals surface area contributed by atoms with Gasteiger partial charge in [0.25, 0.3) is 11.8 Å². The molecule has 3 amide bonds. The van der Waals surface area contributed by atoms with E-state index in [1.807, 2.05) is 0 Å². The number of fused-ring (bicyclic) bond motifs is 2. The normalized spacial score (nSPS) is 16.2. The molecule has 3 atom stereocenters. The van der Waals surface area contributed by atoms with Crippen LogP contribution in [0.15, 0.2) is 68.1 Å². The van der Waals surface area contributed by atoms with Crippen molar-refractivity contribution in [3.05, 3.63) is 75.3 Å². The van der Waals surface area contributed by atoms with E-state index in [1.54, 1.807) is 0 Å². The Kier molecular flexibility index (Phi) is 12.5. The number of ether oxygens (including phenoxy) is 3. The summed E-state index contributed by atoms with van der Waals surface area (Å²) >= 11 is 2.08. The lowest BCUT2D eigenvalue weighted by molar-refractivity contribution is -0.151. The first-order chi connectivity index (χ1) is 28.5. The first-order valence-corrected chi connectivity index (χ1v) is 19.1. The number of carbonyl (C=O) groups excluding carboxylic acids is 5. The zero-order chi connectivity index (χ0) is 43.4. The number of thioether (sulfide) groups is 2. The molecular formula is C35H29N7O16S2. The van der Waals surface area contributed by atoms with E-state index < -0.39 is 89.4 Å². The Labute approximate surface area is 343 Å². The fourth-order valence-electron chi connectivity index (χ4n) is 5.88. The minimum Gasteiger partial charge on any atom is -0.482 e. The minimum absolute atomic E-state index is 0.0242. The molecule has 0 bridgehead atoms. The van der Waals surface area contributed by atoms with Crippen molar-refractivity contribution in [3.63, 3.8) is 0 Å². The molecule has 60 heavy (non-hydrogen) atoms. The molecule has 23 nitrogen and oxygen atoms in total. The van der Waals surface area contributed by atoms with Gasteiger partial charge in [0.05, 0.1) is 0 Å². The summed E-state index contributed by atoms with van der Waals surface area (Å²) in [6.45, 7) is 0.948. The second-order valence-corrected chi connectivity index (χ2v) is 14.6. The Bertz CT molecular complexity index is 2560. The number of aromatic nitrogens is 4. The number of β-lactam (4-membered cyclic amide) rings is 1. The molecule has 1 saturated heterocycles. The van der Waals surface area contributed by atoms with E-state index in [1.165, 1.54) is 30.3 Å². The lowest BCUT2D eigenvalue weighted by Crippen LogP contribution is -2.71. The molecule has 2 aliphatic heterocycles. The first kappa shape index (κ1) is 42.3. The summed E-state index contributed by atoms with van der Waals surface area (Å²) in [6.07, 6.45) is 0. The molecule has 2 aromatic carbocycles. The van der Waals surface area contributed by atoms with Crippen molar-refractivity contribution < 1.29 is 72.3 Å². The number of benzene rings is 2. The predicted molar refractivity (Wildman–Crippen MR) is 201 cm³/mol. The molecule has 312 valence electrons. The summed E-state index contributed by atoms with van der Waals surface area (Å²) in [4.78, 5) is 113. The average molecular weight is 868 g/mol. The number of amides is 3. The summed E-state index contributed by atoms with van der Waals surface area (Å²) in [5.41, 5.74) is -1.95. The summed E-state index contributed by atoms with van der Waals surface area (Å²) in [6, 6.07) is 5.68. The van der Waals surface area contributed by atoms with Crippen molar-refractivity contribution >= 4 is 82.1 Å². The first-order valence-electron chi connectivity index (χ1n) is 17.1. The molecule has 5 N–H and O–H groups in total. The van der Waals surface area contributed by atoms with Gasteiger partial charge in [0.2, 0.25) is 11.1 Å². The summed E-state index contributed by atoms with van der Waals surface area (Å²) in [7, 11) is 0. The number of rotatable bonds is 16. The highest BCUT2D eigenvalue weighted by Gasteiger charge is 2.54. The van der Waals surface area contributed by atoms with Crippen LogP contribution in [0.2, 0.25) is 0 Å². The van der Waals surface area contributed by atoms with Crippen LogP contribution in [-0.4, -0.2) is 118 Å². The zero-order valence-corrected chi connectivity index (χ0v) is 32.4. The van der Waals surface area contributed by atoms with E-state index in [0.29, 0.717) is 5.57 Å². The van der Waals surface area contributed by atoms with E-state index in [4.69, 9.17) is 28.8 Å². The van der Waals surface area contributed by atoms with Crippen molar-refractivity contribution in [3.8, 4) is 17.2 Å². The van der Waals surface area contributed by atoms with Crippen molar-refractivity contribution in [2.45, 2.75) is 43.0 Å². The smallest absolute Gasteiger partial charge is 0.352 e. The van der Waals surface area contributed by atoms with Gasteiger partial charge in [-0.3, -0.25) is 33.7 Å². The fourth-order valence-corrected chi connectivity index (χ4v) is 8.24. The van der Waals surface area contributed by atoms with E-state index in [-0.39, 0.29) is 56.1 Å². The van der Waals surface area contributed by atoms with Gasteiger partial charge in [0, 0.05) is 36.8 Å². The number of nitrogens with one attached hydrogen (secondary N) is 2. The molecule has 25 heteroatoms. The summed E-state index contributed by atoms with van der Waals surface area (Å²) < 4.78 is 21.7. The highest BCUT2D eigenvalue weighted by atomic mass is 32.2. The Hall–Kier alpha value is -7.28. The molecule has 0 spiro atoms. The largest absolute Gasteiger partial charge is 0.482 e. The van der Waals surface area contributed by atoms with Crippen LogP contribution in [0.4, 0.5) is 0 Å². The van der Waals surface area contributed by atoms with Gasteiger partial charge in [-0.2, -0.15) is 0 Å². The molecule has 2 aromatic heterocycles. The number of nitrogens with zero attached hydrogens (tertiary/aromatic N) is 5. The van der Waals surface area contributed by atoms with E-state index in [9.17, 15) is 48.3 Å². The van der Waals surface area contributed by atoms with Gasteiger partial charge in [0.1, 0.15) is 46.6 Å². The zero-order valence-electron chi connectivity index (χ0n) is 30.8. The van der Waals surface area contributed by atoms with E-state index >= 15 is 0 Å². The van der Waals surface area contributed by atoms with E-state index in [0.717, 1.165) is 59.1 Å².